The second-order valence-electron chi connectivity index (χ2n) is 4.18. The normalized spacial score (nSPS) is 11.9. The van der Waals surface area contributed by atoms with Crippen molar-refractivity contribution in [2.45, 2.75) is 32.4 Å². The highest BCUT2D eigenvalue weighted by Crippen LogP contribution is 2.04. The van der Waals surface area contributed by atoms with Crippen LogP contribution in [0.1, 0.15) is 19.4 Å². The molecule has 1 atom stereocenters. The quantitative estimate of drug-likeness (QED) is 0.837. The van der Waals surface area contributed by atoms with Crippen molar-refractivity contribution in [2.24, 2.45) is 0 Å². The van der Waals surface area contributed by atoms with Gasteiger partial charge in [-0.2, -0.15) is 0 Å². The maximum absolute atomic E-state index is 11.4. The van der Waals surface area contributed by atoms with Gasteiger partial charge in [0, 0.05) is 6.42 Å². The van der Waals surface area contributed by atoms with Gasteiger partial charge in [0.2, 0.25) is 0 Å². The number of alkyl carbamates (subject to hydrolysis) is 1. The van der Waals surface area contributed by atoms with E-state index in [1.807, 2.05) is 30.3 Å². The van der Waals surface area contributed by atoms with Crippen LogP contribution < -0.4 is 5.32 Å². The molecule has 1 amide bonds. The van der Waals surface area contributed by atoms with E-state index in [-0.39, 0.29) is 12.5 Å². The highest BCUT2D eigenvalue weighted by atomic mass is 16.6. The second kappa shape index (κ2) is 6.64. The summed E-state index contributed by atoms with van der Waals surface area (Å²) in [6.45, 7) is 3.40. The Labute approximate surface area is 106 Å². The topological polar surface area (TPSA) is 75.6 Å². The third kappa shape index (κ3) is 4.86. The fourth-order valence-electron chi connectivity index (χ4n) is 1.44. The van der Waals surface area contributed by atoms with Crippen LogP contribution in [0.15, 0.2) is 30.3 Å². The zero-order chi connectivity index (χ0) is 13.5. The number of nitrogens with one attached hydrogen (secondary N) is 1. The molecule has 5 heteroatoms. The van der Waals surface area contributed by atoms with Gasteiger partial charge in [-0.25, -0.2) is 9.59 Å². The minimum Gasteiger partial charge on any atom is -0.480 e. The Morgan fingerprint density at radius 1 is 1.28 bits per heavy atom. The first-order chi connectivity index (χ1) is 8.49. The number of carbonyl (C=O) groups is 2. The standard InChI is InChI=1S/C13H17NO4/c1-9(2)18-13(17)14-11(12(15)16)8-10-6-4-3-5-7-10/h3-7,9,11H,8H2,1-2H3,(H,14,17)(H,15,16)/t11-/m1/s1. The molecule has 18 heavy (non-hydrogen) atoms. The monoisotopic (exact) mass is 251 g/mol. The molecule has 0 unspecified atom stereocenters. The molecule has 2 N–H and O–H groups in total. The van der Waals surface area contributed by atoms with Crippen LogP contribution in [0.3, 0.4) is 0 Å². The summed E-state index contributed by atoms with van der Waals surface area (Å²) in [5, 5.41) is 11.4. The summed E-state index contributed by atoms with van der Waals surface area (Å²) in [6.07, 6.45) is -0.770. The van der Waals surface area contributed by atoms with Crippen molar-refractivity contribution >= 4 is 12.1 Å². The van der Waals surface area contributed by atoms with Gasteiger partial charge >= 0.3 is 12.1 Å². The van der Waals surface area contributed by atoms with E-state index >= 15 is 0 Å². The Hall–Kier alpha value is -2.04. The number of benzene rings is 1. The Morgan fingerprint density at radius 3 is 2.39 bits per heavy atom. The molecular weight excluding hydrogens is 234 g/mol. The van der Waals surface area contributed by atoms with Crippen LogP contribution >= 0.6 is 0 Å². The molecule has 0 bridgehead atoms. The summed E-state index contributed by atoms with van der Waals surface area (Å²) < 4.78 is 4.86. The van der Waals surface area contributed by atoms with Crippen LogP contribution in [0.4, 0.5) is 4.79 Å². The van der Waals surface area contributed by atoms with Crippen LogP contribution in [-0.4, -0.2) is 29.3 Å². The third-order valence-electron chi connectivity index (χ3n) is 2.22. The molecule has 0 saturated carbocycles. The maximum atomic E-state index is 11.4. The van der Waals surface area contributed by atoms with Crippen LogP contribution in [0.25, 0.3) is 0 Å². The summed E-state index contributed by atoms with van der Waals surface area (Å²) in [6, 6.07) is 8.12. The Bertz CT molecular complexity index is 403. The third-order valence-corrected chi connectivity index (χ3v) is 2.22. The molecule has 98 valence electrons. The van der Waals surface area contributed by atoms with Crippen molar-refractivity contribution in [3.05, 3.63) is 35.9 Å². The first-order valence-corrected chi connectivity index (χ1v) is 5.73. The minimum atomic E-state index is -1.08. The molecule has 0 saturated heterocycles. The summed E-state index contributed by atoms with van der Waals surface area (Å²) in [5.41, 5.74) is 0.842. The molecule has 0 aliphatic heterocycles. The lowest BCUT2D eigenvalue weighted by Gasteiger charge is -2.15. The van der Waals surface area contributed by atoms with Crippen molar-refractivity contribution in [2.75, 3.05) is 0 Å². The van der Waals surface area contributed by atoms with Crippen molar-refractivity contribution in [1.82, 2.24) is 5.32 Å². The molecule has 1 aromatic rings. The van der Waals surface area contributed by atoms with Crippen molar-refractivity contribution in [3.63, 3.8) is 0 Å². The molecule has 5 nitrogen and oxygen atoms in total. The summed E-state index contributed by atoms with van der Waals surface area (Å²) in [5.74, 6) is -1.08. The molecule has 0 heterocycles. The Morgan fingerprint density at radius 2 is 1.89 bits per heavy atom. The van der Waals surface area contributed by atoms with Crippen LogP contribution in [0, 0.1) is 0 Å². The van der Waals surface area contributed by atoms with Gasteiger partial charge in [0.15, 0.2) is 0 Å². The molecular formula is C13H17NO4. The van der Waals surface area contributed by atoms with Gasteiger partial charge in [0.1, 0.15) is 6.04 Å². The van der Waals surface area contributed by atoms with E-state index in [9.17, 15) is 9.59 Å². The average Bonchev–Trinajstić information content (AvgIpc) is 2.28. The number of carboxylic acid groups (broad SMARTS) is 1. The lowest BCUT2D eigenvalue weighted by atomic mass is 10.1. The molecule has 0 fully saturated rings. The number of carbonyl (C=O) groups excluding carboxylic acids is 1. The van der Waals surface area contributed by atoms with Crippen LogP contribution in [0.5, 0.6) is 0 Å². The van der Waals surface area contributed by atoms with Crippen LogP contribution in [-0.2, 0) is 16.0 Å². The Kier molecular flexibility index (Phi) is 5.17. The van der Waals surface area contributed by atoms with E-state index < -0.39 is 18.1 Å². The summed E-state index contributed by atoms with van der Waals surface area (Å²) >= 11 is 0. The van der Waals surface area contributed by atoms with Crippen LogP contribution in [0.2, 0.25) is 0 Å². The first kappa shape index (κ1) is 14.0. The predicted molar refractivity (Wildman–Crippen MR) is 66.3 cm³/mol. The number of carboxylic acids is 1. The zero-order valence-electron chi connectivity index (χ0n) is 10.4. The van der Waals surface area contributed by atoms with Crippen molar-refractivity contribution < 1.29 is 19.4 Å². The molecule has 1 rings (SSSR count). The summed E-state index contributed by atoms with van der Waals surface area (Å²) in [7, 11) is 0. The number of hydrogen-bond donors (Lipinski definition) is 2. The highest BCUT2D eigenvalue weighted by molar-refractivity contribution is 5.80. The molecule has 0 aliphatic carbocycles. The van der Waals surface area contributed by atoms with Gasteiger partial charge in [-0.3, -0.25) is 0 Å². The van der Waals surface area contributed by atoms with Gasteiger partial charge in [0.05, 0.1) is 6.10 Å². The maximum Gasteiger partial charge on any atom is 0.408 e. The number of amides is 1. The fourth-order valence-corrected chi connectivity index (χ4v) is 1.44. The number of hydrogen-bond acceptors (Lipinski definition) is 3. The summed E-state index contributed by atoms with van der Waals surface area (Å²) in [4.78, 5) is 22.4. The Balaban J connectivity index is 2.61. The number of ether oxygens (including phenoxy) is 1. The number of aliphatic carboxylic acids is 1. The van der Waals surface area contributed by atoms with Gasteiger partial charge in [-0.1, -0.05) is 30.3 Å². The zero-order valence-corrected chi connectivity index (χ0v) is 10.4. The number of rotatable bonds is 5. The molecule has 1 aromatic carbocycles. The van der Waals surface area contributed by atoms with E-state index in [1.165, 1.54) is 0 Å². The lowest BCUT2D eigenvalue weighted by Crippen LogP contribution is -2.43. The van der Waals surface area contributed by atoms with Gasteiger partial charge < -0.3 is 15.2 Å². The fraction of sp³-hybridized carbons (Fsp3) is 0.385. The van der Waals surface area contributed by atoms with Crippen molar-refractivity contribution in [3.8, 4) is 0 Å². The molecule has 0 aromatic heterocycles. The van der Waals surface area contributed by atoms with E-state index in [2.05, 4.69) is 5.32 Å². The molecule has 0 spiro atoms. The predicted octanol–water partition coefficient (Wildman–Crippen LogP) is 1.82. The minimum absolute atomic E-state index is 0.226. The first-order valence-electron chi connectivity index (χ1n) is 5.73. The van der Waals surface area contributed by atoms with E-state index in [0.717, 1.165) is 5.56 Å². The largest absolute Gasteiger partial charge is 0.480 e. The van der Waals surface area contributed by atoms with Gasteiger partial charge in [-0.15, -0.1) is 0 Å². The smallest absolute Gasteiger partial charge is 0.408 e. The van der Waals surface area contributed by atoms with Crippen molar-refractivity contribution in [1.29, 1.82) is 0 Å². The van der Waals surface area contributed by atoms with E-state index in [1.54, 1.807) is 13.8 Å². The van der Waals surface area contributed by atoms with E-state index in [0.29, 0.717) is 0 Å². The molecule has 0 radical (unpaired) electrons. The average molecular weight is 251 g/mol. The van der Waals surface area contributed by atoms with Gasteiger partial charge in [-0.05, 0) is 19.4 Å². The highest BCUT2D eigenvalue weighted by Gasteiger charge is 2.21. The lowest BCUT2D eigenvalue weighted by molar-refractivity contribution is -0.139. The second-order valence-corrected chi connectivity index (χ2v) is 4.18. The van der Waals surface area contributed by atoms with E-state index in [4.69, 9.17) is 9.84 Å². The molecule has 0 aliphatic rings. The SMILES string of the molecule is CC(C)OC(=O)N[C@H](Cc1ccccc1)C(=O)O. The van der Waals surface area contributed by atoms with Gasteiger partial charge in [0.25, 0.3) is 0 Å².